The molecule has 1 aliphatic rings. The molecule has 0 amide bonds. The highest BCUT2D eigenvalue weighted by molar-refractivity contribution is 5.92. The van der Waals surface area contributed by atoms with Crippen molar-refractivity contribution in [1.29, 1.82) is 0 Å². The number of allylic oxidation sites excluding steroid dienone is 2. The second kappa shape index (κ2) is 15.3. The van der Waals surface area contributed by atoms with Crippen molar-refractivity contribution in [3.63, 3.8) is 0 Å². The van der Waals surface area contributed by atoms with Crippen LogP contribution in [0.25, 0.3) is 5.57 Å². The van der Waals surface area contributed by atoms with Gasteiger partial charge in [-0.1, -0.05) is 75.6 Å². The van der Waals surface area contributed by atoms with Gasteiger partial charge in [0, 0.05) is 13.0 Å². The second-order valence-electron chi connectivity index (χ2n) is 9.77. The minimum Gasteiger partial charge on any atom is -0.463 e. The standard InChI is InChI=1S/C32H35F3O7/c1-3-5-10-22-40-31(19-17-24(18-20-31)23-11-8-7-9-12-23)30(38)41-26-15-13-25(14-16-26)28(36)42-27(32(33,34)35)29(37)39-21-6-4-2/h7-9,11-19,27H,3-6,10,20-22H2,1-2H3. The number of carbonyl (C=O) groups is 3. The maximum absolute atomic E-state index is 13.4. The van der Waals surface area contributed by atoms with E-state index in [2.05, 4.69) is 16.4 Å². The van der Waals surface area contributed by atoms with E-state index in [1.54, 1.807) is 13.0 Å². The summed E-state index contributed by atoms with van der Waals surface area (Å²) in [6.45, 7) is 3.96. The molecule has 42 heavy (non-hydrogen) atoms. The minimum absolute atomic E-state index is 0.0469. The van der Waals surface area contributed by atoms with Crippen LogP contribution in [-0.4, -0.2) is 49.0 Å². The van der Waals surface area contributed by atoms with Crippen molar-refractivity contribution in [3.05, 3.63) is 84.0 Å². The molecule has 0 saturated carbocycles. The number of unbranched alkanes of at least 4 members (excludes halogenated alkanes) is 3. The minimum atomic E-state index is -5.15. The van der Waals surface area contributed by atoms with Crippen LogP contribution < -0.4 is 4.74 Å². The first kappa shape index (κ1) is 32.6. The molecule has 0 radical (unpaired) electrons. The summed E-state index contributed by atoms with van der Waals surface area (Å²) in [4.78, 5) is 37.7. The number of halogens is 3. The molecule has 0 saturated heterocycles. The third kappa shape index (κ3) is 9.04. The lowest BCUT2D eigenvalue weighted by Crippen LogP contribution is -2.43. The monoisotopic (exact) mass is 588 g/mol. The number of esters is 3. The Labute approximate surface area is 243 Å². The molecule has 2 aromatic carbocycles. The summed E-state index contributed by atoms with van der Waals surface area (Å²) in [5.74, 6) is -3.71. The second-order valence-corrected chi connectivity index (χ2v) is 9.77. The molecule has 226 valence electrons. The van der Waals surface area contributed by atoms with E-state index in [0.717, 1.165) is 42.5 Å². The molecule has 0 N–H and O–H groups in total. The predicted octanol–water partition coefficient (Wildman–Crippen LogP) is 7.01. The first-order valence-electron chi connectivity index (χ1n) is 13.9. The van der Waals surface area contributed by atoms with Gasteiger partial charge in [0.1, 0.15) is 5.75 Å². The van der Waals surface area contributed by atoms with Gasteiger partial charge in [-0.05, 0) is 54.3 Å². The number of alkyl halides is 3. The van der Waals surface area contributed by atoms with E-state index < -0.39 is 35.8 Å². The number of hydrogen-bond acceptors (Lipinski definition) is 7. The van der Waals surface area contributed by atoms with Gasteiger partial charge < -0.3 is 18.9 Å². The fraction of sp³-hybridized carbons (Fsp3) is 0.406. The average molecular weight is 589 g/mol. The van der Waals surface area contributed by atoms with Gasteiger partial charge in [-0.25, -0.2) is 14.4 Å². The molecular formula is C32H35F3O7. The zero-order valence-electron chi connectivity index (χ0n) is 23.7. The van der Waals surface area contributed by atoms with E-state index in [-0.39, 0.29) is 24.3 Å². The zero-order valence-corrected chi connectivity index (χ0v) is 23.7. The summed E-state index contributed by atoms with van der Waals surface area (Å²) in [5, 5.41) is 0. The van der Waals surface area contributed by atoms with E-state index in [4.69, 9.17) is 9.47 Å². The summed E-state index contributed by atoms with van der Waals surface area (Å²) in [5.41, 5.74) is 0.280. The molecule has 2 atom stereocenters. The molecule has 0 bridgehead atoms. The molecule has 1 aliphatic carbocycles. The third-order valence-corrected chi connectivity index (χ3v) is 6.50. The van der Waals surface area contributed by atoms with E-state index in [9.17, 15) is 27.6 Å². The number of benzene rings is 2. The Bertz CT molecular complexity index is 1250. The van der Waals surface area contributed by atoms with Crippen molar-refractivity contribution >= 4 is 23.5 Å². The highest BCUT2D eigenvalue weighted by Gasteiger charge is 2.49. The van der Waals surface area contributed by atoms with Crippen molar-refractivity contribution < 1.29 is 46.5 Å². The Morgan fingerprint density at radius 2 is 1.60 bits per heavy atom. The van der Waals surface area contributed by atoms with Gasteiger partial charge in [-0.3, -0.25) is 0 Å². The van der Waals surface area contributed by atoms with Crippen LogP contribution in [0.4, 0.5) is 13.2 Å². The summed E-state index contributed by atoms with van der Waals surface area (Å²) >= 11 is 0. The van der Waals surface area contributed by atoms with Crippen molar-refractivity contribution in [2.45, 2.75) is 70.3 Å². The van der Waals surface area contributed by atoms with E-state index >= 15 is 0 Å². The molecule has 2 aromatic rings. The van der Waals surface area contributed by atoms with Crippen LogP contribution in [0.5, 0.6) is 5.75 Å². The van der Waals surface area contributed by atoms with E-state index in [0.29, 0.717) is 19.4 Å². The summed E-state index contributed by atoms with van der Waals surface area (Å²) < 4.78 is 60.8. The first-order valence-corrected chi connectivity index (χ1v) is 13.9. The van der Waals surface area contributed by atoms with Crippen molar-refractivity contribution in [2.75, 3.05) is 13.2 Å². The SMILES string of the molecule is CCCCCOC1(C(=O)Oc2ccc(C(=O)OC(C(=O)OCCCC)C(F)(F)F)cc2)C=CC(c2ccccc2)=CC1. The molecule has 0 heterocycles. The molecule has 10 heteroatoms. The zero-order chi connectivity index (χ0) is 30.6. The van der Waals surface area contributed by atoms with Crippen LogP contribution in [0, 0.1) is 0 Å². The molecule has 0 aromatic heterocycles. The highest BCUT2D eigenvalue weighted by Crippen LogP contribution is 2.32. The average Bonchev–Trinajstić information content (AvgIpc) is 2.98. The van der Waals surface area contributed by atoms with E-state index in [1.807, 2.05) is 42.5 Å². The normalized spacial score (nSPS) is 17.2. The fourth-order valence-electron chi connectivity index (χ4n) is 4.06. The summed E-state index contributed by atoms with van der Waals surface area (Å²) in [6, 6.07) is 14.5. The van der Waals surface area contributed by atoms with Crippen molar-refractivity contribution in [3.8, 4) is 5.75 Å². The lowest BCUT2D eigenvalue weighted by atomic mass is 9.89. The number of ether oxygens (including phenoxy) is 4. The Morgan fingerprint density at radius 1 is 0.905 bits per heavy atom. The largest absolute Gasteiger partial charge is 0.463 e. The summed E-state index contributed by atoms with van der Waals surface area (Å²) in [7, 11) is 0. The number of carbonyl (C=O) groups excluding carboxylic acids is 3. The van der Waals surface area contributed by atoms with Crippen molar-refractivity contribution in [2.24, 2.45) is 0 Å². The van der Waals surface area contributed by atoms with Gasteiger partial charge in [-0.15, -0.1) is 0 Å². The number of hydrogen-bond donors (Lipinski definition) is 0. The Balaban J connectivity index is 1.69. The smallest absolute Gasteiger partial charge is 0.436 e. The van der Waals surface area contributed by atoms with Crippen LogP contribution in [0.2, 0.25) is 0 Å². The molecule has 3 rings (SSSR count). The van der Waals surface area contributed by atoms with Crippen LogP contribution in [0.15, 0.2) is 72.8 Å². The molecule has 0 aliphatic heterocycles. The summed E-state index contributed by atoms with van der Waals surface area (Å²) in [6.07, 6.45) is 1.06. The lowest BCUT2D eigenvalue weighted by molar-refractivity contribution is -0.218. The molecule has 7 nitrogen and oxygen atoms in total. The first-order chi connectivity index (χ1) is 20.1. The van der Waals surface area contributed by atoms with Crippen LogP contribution in [-0.2, 0) is 23.8 Å². The van der Waals surface area contributed by atoms with Gasteiger partial charge in [0.05, 0.1) is 12.2 Å². The van der Waals surface area contributed by atoms with E-state index in [1.165, 1.54) is 12.1 Å². The quantitative estimate of drug-likeness (QED) is 0.133. The van der Waals surface area contributed by atoms with Crippen LogP contribution in [0.1, 0.15) is 68.3 Å². The van der Waals surface area contributed by atoms with Gasteiger partial charge in [0.2, 0.25) is 0 Å². The van der Waals surface area contributed by atoms with Gasteiger partial charge in [0.25, 0.3) is 6.10 Å². The van der Waals surface area contributed by atoms with Gasteiger partial charge in [-0.2, -0.15) is 13.2 Å². The lowest BCUT2D eigenvalue weighted by Gasteiger charge is -2.30. The topological polar surface area (TPSA) is 88.1 Å². The molecular weight excluding hydrogens is 553 g/mol. The maximum atomic E-state index is 13.4. The van der Waals surface area contributed by atoms with Gasteiger partial charge >= 0.3 is 24.1 Å². The Morgan fingerprint density at radius 3 is 2.19 bits per heavy atom. The third-order valence-electron chi connectivity index (χ3n) is 6.50. The maximum Gasteiger partial charge on any atom is 0.436 e. The Kier molecular flexibility index (Phi) is 11.9. The van der Waals surface area contributed by atoms with Gasteiger partial charge in [0.15, 0.2) is 5.60 Å². The molecule has 2 unspecified atom stereocenters. The van der Waals surface area contributed by atoms with Crippen molar-refractivity contribution in [1.82, 2.24) is 0 Å². The molecule has 0 spiro atoms. The predicted molar refractivity (Wildman–Crippen MR) is 150 cm³/mol. The highest BCUT2D eigenvalue weighted by atomic mass is 19.4. The van der Waals surface area contributed by atoms with Crippen LogP contribution >= 0.6 is 0 Å². The van der Waals surface area contributed by atoms with Crippen LogP contribution in [0.3, 0.4) is 0 Å². The molecule has 0 fully saturated rings. The Hall–Kier alpha value is -3.92. The number of rotatable bonds is 14. The fourth-order valence-corrected chi connectivity index (χ4v) is 4.06.